The van der Waals surface area contributed by atoms with Crippen LogP contribution in [-0.4, -0.2) is 29.4 Å². The molecule has 0 aliphatic carbocycles. The van der Waals surface area contributed by atoms with Gasteiger partial charge in [-0.2, -0.15) is 0 Å². The van der Waals surface area contributed by atoms with Crippen molar-refractivity contribution in [2.75, 3.05) is 16.8 Å². The second-order valence-corrected chi connectivity index (χ2v) is 6.03. The fourth-order valence-corrected chi connectivity index (χ4v) is 3.01. The summed E-state index contributed by atoms with van der Waals surface area (Å²) in [5.74, 6) is 0.800. The van der Waals surface area contributed by atoms with Gasteiger partial charge in [0, 0.05) is 15.9 Å². The third kappa shape index (κ3) is 3.26. The van der Waals surface area contributed by atoms with E-state index in [0.717, 1.165) is 15.7 Å². The second kappa shape index (κ2) is 5.75. The summed E-state index contributed by atoms with van der Waals surface area (Å²) in [5.41, 5.74) is 1.75. The second-order valence-electron chi connectivity index (χ2n) is 4.08. The van der Waals surface area contributed by atoms with E-state index in [2.05, 4.69) is 26.6 Å². The highest BCUT2D eigenvalue weighted by Crippen LogP contribution is 2.20. The zero-order valence-corrected chi connectivity index (χ0v) is 12.2. The van der Waals surface area contributed by atoms with Crippen LogP contribution in [0.25, 0.3) is 0 Å². The summed E-state index contributed by atoms with van der Waals surface area (Å²) in [6.07, 6.45) is 0. The highest BCUT2D eigenvalue weighted by atomic mass is 79.9. The predicted molar refractivity (Wildman–Crippen MR) is 76.8 cm³/mol. The van der Waals surface area contributed by atoms with Crippen LogP contribution in [0, 0.1) is 6.92 Å². The summed E-state index contributed by atoms with van der Waals surface area (Å²) in [6, 6.07) is 5.20. The van der Waals surface area contributed by atoms with Gasteiger partial charge >= 0.3 is 0 Å². The number of hydrogen-bond acceptors (Lipinski definition) is 3. The quantitative estimate of drug-likeness (QED) is 0.872. The molecule has 96 valence electrons. The standard InChI is InChI=1S/C12H13BrN2O2S/c1-7-4-8(13)2-3-9(7)15-12(17)10-5-18-6-11(16)14-10/h2-4,10H,5-6H2,1H3,(H,14,16)(H,15,17). The highest BCUT2D eigenvalue weighted by Gasteiger charge is 2.25. The fourth-order valence-electron chi connectivity index (χ4n) is 1.68. The Labute approximate surface area is 118 Å². The molecule has 1 atom stereocenters. The Morgan fingerprint density at radius 1 is 1.56 bits per heavy atom. The molecule has 0 bridgehead atoms. The smallest absolute Gasteiger partial charge is 0.247 e. The van der Waals surface area contributed by atoms with Gasteiger partial charge in [0.25, 0.3) is 0 Å². The zero-order chi connectivity index (χ0) is 13.1. The van der Waals surface area contributed by atoms with Crippen molar-refractivity contribution in [3.05, 3.63) is 28.2 Å². The van der Waals surface area contributed by atoms with Crippen LogP contribution < -0.4 is 10.6 Å². The lowest BCUT2D eigenvalue weighted by Gasteiger charge is -2.22. The van der Waals surface area contributed by atoms with Gasteiger partial charge in [-0.05, 0) is 30.7 Å². The highest BCUT2D eigenvalue weighted by molar-refractivity contribution is 9.10. The number of anilines is 1. The van der Waals surface area contributed by atoms with Crippen LogP contribution in [-0.2, 0) is 9.59 Å². The van der Waals surface area contributed by atoms with E-state index in [-0.39, 0.29) is 11.8 Å². The maximum absolute atomic E-state index is 12.0. The van der Waals surface area contributed by atoms with E-state index in [1.54, 1.807) is 0 Å². The summed E-state index contributed by atoms with van der Waals surface area (Å²) < 4.78 is 0.972. The molecule has 2 N–H and O–H groups in total. The number of carbonyl (C=O) groups excluding carboxylic acids is 2. The van der Waals surface area contributed by atoms with Crippen molar-refractivity contribution in [1.29, 1.82) is 0 Å². The van der Waals surface area contributed by atoms with Gasteiger partial charge in [0.2, 0.25) is 11.8 Å². The number of thioether (sulfide) groups is 1. The molecule has 1 aliphatic rings. The molecule has 1 heterocycles. The summed E-state index contributed by atoms with van der Waals surface area (Å²) in [6.45, 7) is 1.93. The van der Waals surface area contributed by atoms with Crippen molar-refractivity contribution < 1.29 is 9.59 Å². The Balaban J connectivity index is 2.04. The van der Waals surface area contributed by atoms with Crippen molar-refractivity contribution >= 4 is 45.2 Å². The number of halogens is 1. The molecule has 1 saturated heterocycles. The molecule has 1 aromatic rings. The number of rotatable bonds is 2. The molecule has 2 rings (SSSR count). The Kier molecular flexibility index (Phi) is 4.29. The third-order valence-electron chi connectivity index (χ3n) is 2.62. The van der Waals surface area contributed by atoms with Crippen molar-refractivity contribution in [2.45, 2.75) is 13.0 Å². The van der Waals surface area contributed by atoms with Gasteiger partial charge in [-0.15, -0.1) is 11.8 Å². The Morgan fingerprint density at radius 3 is 3.00 bits per heavy atom. The van der Waals surface area contributed by atoms with Gasteiger partial charge in [0.05, 0.1) is 5.75 Å². The number of hydrogen-bond donors (Lipinski definition) is 2. The Bertz CT molecular complexity index is 493. The molecule has 6 heteroatoms. The number of amides is 2. The minimum atomic E-state index is -0.445. The number of benzene rings is 1. The van der Waals surface area contributed by atoms with Gasteiger partial charge < -0.3 is 10.6 Å². The van der Waals surface area contributed by atoms with Gasteiger partial charge in [-0.1, -0.05) is 15.9 Å². The summed E-state index contributed by atoms with van der Waals surface area (Å²) in [7, 11) is 0. The molecule has 0 spiro atoms. The van der Waals surface area contributed by atoms with Crippen molar-refractivity contribution in [2.24, 2.45) is 0 Å². The van der Waals surface area contributed by atoms with Crippen LogP contribution in [0.15, 0.2) is 22.7 Å². The van der Waals surface area contributed by atoms with Crippen molar-refractivity contribution in [3.63, 3.8) is 0 Å². The minimum absolute atomic E-state index is 0.0843. The van der Waals surface area contributed by atoms with Crippen molar-refractivity contribution in [1.82, 2.24) is 5.32 Å². The maximum atomic E-state index is 12.0. The average molecular weight is 329 g/mol. The molecule has 0 radical (unpaired) electrons. The van der Waals surface area contributed by atoms with E-state index < -0.39 is 6.04 Å². The summed E-state index contributed by atoms with van der Waals surface area (Å²) in [4.78, 5) is 23.2. The lowest BCUT2D eigenvalue weighted by Crippen LogP contribution is -2.49. The van der Waals surface area contributed by atoms with E-state index >= 15 is 0 Å². The molecule has 18 heavy (non-hydrogen) atoms. The van der Waals surface area contributed by atoms with Crippen LogP contribution in [0.3, 0.4) is 0 Å². The van der Waals surface area contributed by atoms with Gasteiger partial charge in [-0.25, -0.2) is 0 Å². The molecular formula is C12H13BrN2O2S. The molecule has 1 fully saturated rings. The lowest BCUT2D eigenvalue weighted by atomic mass is 10.2. The van der Waals surface area contributed by atoms with Crippen LogP contribution in [0.5, 0.6) is 0 Å². The first-order valence-electron chi connectivity index (χ1n) is 5.50. The summed E-state index contributed by atoms with van der Waals surface area (Å²) in [5, 5.41) is 5.53. The maximum Gasteiger partial charge on any atom is 0.247 e. The van der Waals surface area contributed by atoms with Crippen LogP contribution >= 0.6 is 27.7 Å². The number of aryl methyl sites for hydroxylation is 1. The largest absolute Gasteiger partial charge is 0.343 e. The Hall–Kier alpha value is -1.01. The van der Waals surface area contributed by atoms with Crippen LogP contribution in [0.1, 0.15) is 5.56 Å². The fraction of sp³-hybridized carbons (Fsp3) is 0.333. The topological polar surface area (TPSA) is 58.2 Å². The molecule has 1 unspecified atom stereocenters. The molecular weight excluding hydrogens is 316 g/mol. The minimum Gasteiger partial charge on any atom is -0.343 e. The summed E-state index contributed by atoms with van der Waals surface area (Å²) >= 11 is 4.85. The predicted octanol–water partition coefficient (Wildman–Crippen LogP) is 1.93. The molecule has 4 nitrogen and oxygen atoms in total. The molecule has 1 aliphatic heterocycles. The van der Waals surface area contributed by atoms with Gasteiger partial charge in [0.15, 0.2) is 0 Å². The zero-order valence-electron chi connectivity index (χ0n) is 9.83. The monoisotopic (exact) mass is 328 g/mol. The Morgan fingerprint density at radius 2 is 2.33 bits per heavy atom. The normalized spacial score (nSPS) is 19.2. The van der Waals surface area contributed by atoms with Crippen LogP contribution in [0.4, 0.5) is 5.69 Å². The average Bonchev–Trinajstić information content (AvgIpc) is 2.32. The van der Waals surface area contributed by atoms with Crippen LogP contribution in [0.2, 0.25) is 0 Å². The van der Waals surface area contributed by atoms with Gasteiger partial charge in [0.1, 0.15) is 6.04 Å². The van der Waals surface area contributed by atoms with E-state index in [9.17, 15) is 9.59 Å². The molecule has 0 saturated carbocycles. The molecule has 1 aromatic carbocycles. The molecule has 0 aromatic heterocycles. The first-order valence-corrected chi connectivity index (χ1v) is 7.45. The first kappa shape index (κ1) is 13.4. The van der Waals surface area contributed by atoms with E-state index in [0.29, 0.717) is 11.5 Å². The lowest BCUT2D eigenvalue weighted by molar-refractivity contribution is -0.124. The SMILES string of the molecule is Cc1cc(Br)ccc1NC(=O)C1CSCC(=O)N1. The van der Waals surface area contributed by atoms with Gasteiger partial charge in [-0.3, -0.25) is 9.59 Å². The van der Waals surface area contributed by atoms with E-state index in [4.69, 9.17) is 0 Å². The van der Waals surface area contributed by atoms with E-state index in [1.807, 2.05) is 25.1 Å². The molecule has 2 amide bonds. The van der Waals surface area contributed by atoms with E-state index in [1.165, 1.54) is 11.8 Å². The first-order chi connectivity index (χ1) is 8.56. The van der Waals surface area contributed by atoms with Crippen molar-refractivity contribution in [3.8, 4) is 0 Å². The third-order valence-corrected chi connectivity index (χ3v) is 4.14. The number of nitrogens with one attached hydrogen (secondary N) is 2. The number of carbonyl (C=O) groups is 2.